The molecule has 0 aliphatic rings. The van der Waals surface area contributed by atoms with Crippen molar-refractivity contribution in [3.05, 3.63) is 18.3 Å². The lowest BCUT2D eigenvalue weighted by Crippen LogP contribution is -1.82. The maximum absolute atomic E-state index is 8.97. The van der Waals surface area contributed by atoms with E-state index in [0.29, 0.717) is 11.1 Å². The van der Waals surface area contributed by atoms with Crippen molar-refractivity contribution in [2.24, 2.45) is 0 Å². The van der Waals surface area contributed by atoms with Crippen LogP contribution in [0.4, 0.5) is 0 Å². The van der Waals surface area contributed by atoms with Gasteiger partial charge < -0.3 is 14.7 Å². The van der Waals surface area contributed by atoms with Gasteiger partial charge in [-0.1, -0.05) is 0 Å². The molecule has 0 atom stereocenters. The molecule has 0 unspecified atom stereocenters. The molecule has 0 fully saturated rings. The van der Waals surface area contributed by atoms with Crippen molar-refractivity contribution in [3.63, 3.8) is 0 Å². The predicted molar refractivity (Wildman–Crippen MR) is 33.1 cm³/mol. The molecule has 10 heavy (non-hydrogen) atoms. The Morgan fingerprint density at radius 1 is 1.50 bits per heavy atom. The minimum atomic E-state index is -0.187. The third-order valence-corrected chi connectivity index (χ3v) is 1.34. The molecule has 52 valence electrons. The molecule has 0 aliphatic carbocycles. The first-order valence-corrected chi connectivity index (χ1v) is 2.76. The van der Waals surface area contributed by atoms with E-state index < -0.39 is 0 Å². The Kier molecular flexibility index (Phi) is 0.768. The Hall–Kier alpha value is -1.58. The van der Waals surface area contributed by atoms with Crippen molar-refractivity contribution < 1.29 is 14.7 Å². The highest BCUT2D eigenvalue weighted by molar-refractivity contribution is 5.75. The maximum Gasteiger partial charge on any atom is 0.284 e. The number of aromatic hydroxyl groups is 1. The van der Waals surface area contributed by atoms with Crippen LogP contribution in [0.15, 0.2) is 22.7 Å². The normalized spacial score (nSPS) is 10.8. The van der Waals surface area contributed by atoms with Gasteiger partial charge in [-0.15, -0.1) is 0 Å². The maximum atomic E-state index is 8.97. The first-order valence-electron chi connectivity index (χ1n) is 2.76. The molecule has 0 spiro atoms. The van der Waals surface area contributed by atoms with Crippen molar-refractivity contribution >= 4 is 11.1 Å². The van der Waals surface area contributed by atoms with Crippen molar-refractivity contribution in [2.75, 3.05) is 0 Å². The summed E-state index contributed by atoms with van der Waals surface area (Å²) in [6.45, 7) is 0. The summed E-state index contributed by atoms with van der Waals surface area (Å²) < 4.78 is 5.65. The van der Waals surface area contributed by atoms with Crippen LogP contribution < -0.4 is 0 Å². The average Bonchev–Trinajstić information content (AvgIpc) is 2.35. The molecule has 2 aromatic heterocycles. The van der Waals surface area contributed by atoms with E-state index in [4.69, 9.17) is 14.7 Å². The van der Waals surface area contributed by atoms with Crippen LogP contribution in [-0.2, 0) is 0 Å². The van der Waals surface area contributed by atoms with Crippen LogP contribution in [0.2, 0.25) is 0 Å². The van der Waals surface area contributed by atoms with E-state index in [2.05, 4.69) is 0 Å². The Balaban J connectivity index is 2.90. The molecule has 0 saturated heterocycles. The zero-order valence-corrected chi connectivity index (χ0v) is 4.98. The van der Waals surface area contributed by atoms with Gasteiger partial charge in [-0.3, -0.25) is 0 Å². The SMILES string of the molecule is Oc1cc2c(ccn2O)o1. The van der Waals surface area contributed by atoms with E-state index in [1.807, 2.05) is 0 Å². The summed E-state index contributed by atoms with van der Waals surface area (Å²) >= 11 is 0. The molecule has 0 bridgehead atoms. The first-order chi connectivity index (χ1) is 4.77. The second kappa shape index (κ2) is 1.47. The van der Waals surface area contributed by atoms with Crippen LogP contribution in [0.1, 0.15) is 0 Å². The van der Waals surface area contributed by atoms with Gasteiger partial charge in [0.15, 0.2) is 5.58 Å². The smallest absolute Gasteiger partial charge is 0.284 e. The van der Waals surface area contributed by atoms with Gasteiger partial charge in [-0.05, 0) is 0 Å². The van der Waals surface area contributed by atoms with Gasteiger partial charge in [-0.2, -0.15) is 4.73 Å². The zero-order valence-electron chi connectivity index (χ0n) is 4.98. The second-order valence-electron chi connectivity index (χ2n) is 1.99. The number of hydrogen-bond acceptors (Lipinski definition) is 3. The molecule has 2 aromatic rings. The summed E-state index contributed by atoms with van der Waals surface area (Å²) in [4.78, 5) is 0. The minimum Gasteiger partial charge on any atom is -0.481 e. The molecule has 0 amide bonds. The standard InChI is InChI=1S/C6H5NO3/c8-6-3-4-5(10-6)1-2-7(4)9/h1-3,8-9H. The summed E-state index contributed by atoms with van der Waals surface area (Å²) in [5.74, 6) is -0.187. The van der Waals surface area contributed by atoms with Crippen molar-refractivity contribution in [2.45, 2.75) is 0 Å². The average molecular weight is 139 g/mol. The summed E-state index contributed by atoms with van der Waals surface area (Å²) in [6.07, 6.45) is 1.44. The summed E-state index contributed by atoms with van der Waals surface area (Å²) in [5.41, 5.74) is 0.942. The van der Waals surface area contributed by atoms with Gasteiger partial charge in [0.1, 0.15) is 5.52 Å². The first kappa shape index (κ1) is 5.22. The van der Waals surface area contributed by atoms with Crippen LogP contribution in [0.5, 0.6) is 5.95 Å². The Bertz CT molecular complexity index is 360. The lowest BCUT2D eigenvalue weighted by atomic mass is 10.5. The number of aromatic nitrogens is 1. The van der Waals surface area contributed by atoms with Gasteiger partial charge in [0, 0.05) is 12.3 Å². The van der Waals surface area contributed by atoms with E-state index in [1.54, 1.807) is 6.07 Å². The highest BCUT2D eigenvalue weighted by Gasteiger charge is 2.05. The lowest BCUT2D eigenvalue weighted by Gasteiger charge is -1.84. The summed E-state index contributed by atoms with van der Waals surface area (Å²) in [5, 5.41) is 17.7. The molecule has 0 radical (unpaired) electrons. The fourth-order valence-electron chi connectivity index (χ4n) is 0.900. The van der Waals surface area contributed by atoms with E-state index in [9.17, 15) is 0 Å². The zero-order chi connectivity index (χ0) is 7.14. The number of rotatable bonds is 0. The molecule has 0 saturated carbocycles. The topological polar surface area (TPSA) is 58.5 Å². The molecular weight excluding hydrogens is 134 g/mol. The van der Waals surface area contributed by atoms with Crippen LogP contribution in [0, 0.1) is 0 Å². The highest BCUT2D eigenvalue weighted by Crippen LogP contribution is 2.23. The van der Waals surface area contributed by atoms with E-state index in [0.717, 1.165) is 4.73 Å². The van der Waals surface area contributed by atoms with Gasteiger partial charge in [0.2, 0.25) is 0 Å². The molecule has 0 aromatic carbocycles. The van der Waals surface area contributed by atoms with Crippen molar-refractivity contribution in [3.8, 4) is 5.95 Å². The minimum absolute atomic E-state index is 0.187. The second-order valence-corrected chi connectivity index (χ2v) is 1.99. The highest BCUT2D eigenvalue weighted by atomic mass is 16.5. The van der Waals surface area contributed by atoms with Gasteiger partial charge in [-0.25, -0.2) is 0 Å². The molecule has 2 rings (SSSR count). The van der Waals surface area contributed by atoms with Crippen LogP contribution >= 0.6 is 0 Å². The fraction of sp³-hybridized carbons (Fsp3) is 0. The lowest BCUT2D eigenvalue weighted by molar-refractivity contribution is 0.200. The Morgan fingerprint density at radius 3 is 3.00 bits per heavy atom. The van der Waals surface area contributed by atoms with Gasteiger partial charge in [0.25, 0.3) is 5.95 Å². The largest absolute Gasteiger partial charge is 0.481 e. The number of fused-ring (bicyclic) bond motifs is 1. The predicted octanol–water partition coefficient (Wildman–Crippen LogP) is 1.18. The fourth-order valence-corrected chi connectivity index (χ4v) is 0.900. The van der Waals surface area contributed by atoms with Gasteiger partial charge >= 0.3 is 0 Å². The molecule has 2 N–H and O–H groups in total. The van der Waals surface area contributed by atoms with Crippen LogP contribution in [0.3, 0.4) is 0 Å². The van der Waals surface area contributed by atoms with E-state index in [1.165, 1.54) is 12.3 Å². The van der Waals surface area contributed by atoms with Gasteiger partial charge in [0.05, 0.1) is 6.07 Å². The number of furan rings is 1. The molecular formula is C6H5NO3. The Morgan fingerprint density at radius 2 is 2.30 bits per heavy atom. The monoisotopic (exact) mass is 139 g/mol. The number of nitrogens with zero attached hydrogens (tertiary/aromatic N) is 1. The number of hydrogen-bond donors (Lipinski definition) is 2. The van der Waals surface area contributed by atoms with E-state index in [-0.39, 0.29) is 5.95 Å². The molecule has 0 aliphatic heterocycles. The third kappa shape index (κ3) is 0.500. The molecule has 4 nitrogen and oxygen atoms in total. The Labute approximate surface area is 55.9 Å². The third-order valence-electron chi connectivity index (χ3n) is 1.34. The van der Waals surface area contributed by atoms with Crippen LogP contribution in [0.25, 0.3) is 11.1 Å². The molecule has 2 heterocycles. The van der Waals surface area contributed by atoms with Crippen molar-refractivity contribution in [1.82, 2.24) is 4.73 Å². The molecule has 4 heteroatoms. The quantitative estimate of drug-likeness (QED) is 0.538. The summed E-state index contributed by atoms with van der Waals surface area (Å²) in [7, 11) is 0. The van der Waals surface area contributed by atoms with E-state index >= 15 is 0 Å². The van der Waals surface area contributed by atoms with Crippen LogP contribution in [-0.4, -0.2) is 15.0 Å². The van der Waals surface area contributed by atoms with Crippen molar-refractivity contribution in [1.29, 1.82) is 0 Å². The summed E-state index contributed by atoms with van der Waals surface area (Å²) in [6, 6.07) is 2.91.